The minimum Gasteiger partial charge on any atom is -0.384 e. The lowest BCUT2D eigenvalue weighted by Gasteiger charge is -2.14. The summed E-state index contributed by atoms with van der Waals surface area (Å²) in [4.78, 5) is 4.39. The fraction of sp³-hybridized carbons (Fsp3) is 0.312. The Kier molecular flexibility index (Phi) is 4.53. The third kappa shape index (κ3) is 3.32. The largest absolute Gasteiger partial charge is 0.384 e. The van der Waals surface area contributed by atoms with Crippen molar-refractivity contribution >= 4 is 5.82 Å². The van der Waals surface area contributed by atoms with E-state index in [9.17, 15) is 5.11 Å². The van der Waals surface area contributed by atoms with E-state index >= 15 is 0 Å². The topological polar surface area (TPSA) is 45.2 Å². The van der Waals surface area contributed by atoms with Crippen LogP contribution < -0.4 is 5.32 Å². The second-order valence-corrected chi connectivity index (χ2v) is 4.67. The highest BCUT2D eigenvalue weighted by atomic mass is 16.3. The Morgan fingerprint density at radius 2 is 1.95 bits per heavy atom. The maximum absolute atomic E-state index is 10.3. The molecule has 1 atom stereocenters. The van der Waals surface area contributed by atoms with Gasteiger partial charge < -0.3 is 10.4 Å². The fourth-order valence-electron chi connectivity index (χ4n) is 2.00. The number of aromatic nitrogens is 1. The van der Waals surface area contributed by atoms with E-state index in [1.165, 1.54) is 0 Å². The molecule has 2 aromatic rings. The van der Waals surface area contributed by atoms with Crippen molar-refractivity contribution in [2.24, 2.45) is 0 Å². The summed E-state index contributed by atoms with van der Waals surface area (Å²) in [5.41, 5.74) is 2.77. The van der Waals surface area contributed by atoms with Crippen LogP contribution in [0.1, 0.15) is 36.1 Å². The molecule has 0 saturated heterocycles. The van der Waals surface area contributed by atoms with Crippen molar-refractivity contribution in [3.63, 3.8) is 0 Å². The molecule has 100 valence electrons. The zero-order chi connectivity index (χ0) is 13.7. The summed E-state index contributed by atoms with van der Waals surface area (Å²) in [6.07, 6.45) is 2.19. The first-order chi connectivity index (χ1) is 9.22. The Morgan fingerprint density at radius 1 is 1.21 bits per heavy atom. The Bertz CT molecular complexity index is 526. The number of aliphatic hydroxyl groups is 1. The van der Waals surface area contributed by atoms with E-state index in [-0.39, 0.29) is 0 Å². The van der Waals surface area contributed by atoms with Crippen molar-refractivity contribution < 1.29 is 5.11 Å². The molecular formula is C16H20N2O. The van der Waals surface area contributed by atoms with Crippen LogP contribution in [0.2, 0.25) is 0 Å². The van der Waals surface area contributed by atoms with Crippen LogP contribution in [0.15, 0.2) is 42.6 Å². The lowest BCUT2D eigenvalue weighted by molar-refractivity contribution is 0.220. The van der Waals surface area contributed by atoms with Gasteiger partial charge in [-0.25, -0.2) is 4.98 Å². The maximum Gasteiger partial charge on any atom is 0.128 e. The summed E-state index contributed by atoms with van der Waals surface area (Å²) in [5.74, 6) is 0.894. The van der Waals surface area contributed by atoms with Crippen molar-refractivity contribution in [3.8, 4) is 0 Å². The van der Waals surface area contributed by atoms with Gasteiger partial charge in [-0.2, -0.15) is 0 Å². The van der Waals surface area contributed by atoms with Crippen molar-refractivity contribution in [3.05, 3.63) is 59.3 Å². The lowest BCUT2D eigenvalue weighted by Crippen LogP contribution is -2.06. The second-order valence-electron chi connectivity index (χ2n) is 4.67. The number of hydrogen-bond donors (Lipinski definition) is 2. The maximum atomic E-state index is 10.3. The average molecular weight is 256 g/mol. The van der Waals surface area contributed by atoms with Gasteiger partial charge in [0.15, 0.2) is 0 Å². The fourth-order valence-corrected chi connectivity index (χ4v) is 2.00. The van der Waals surface area contributed by atoms with Gasteiger partial charge in [0.1, 0.15) is 11.9 Å². The van der Waals surface area contributed by atoms with Gasteiger partial charge in [0, 0.05) is 18.3 Å². The van der Waals surface area contributed by atoms with Gasteiger partial charge in [0.05, 0.1) is 0 Å². The van der Waals surface area contributed by atoms with Crippen LogP contribution in [-0.4, -0.2) is 16.6 Å². The first kappa shape index (κ1) is 13.6. The van der Waals surface area contributed by atoms with Crippen molar-refractivity contribution in [2.75, 3.05) is 11.9 Å². The third-order valence-corrected chi connectivity index (χ3v) is 3.07. The first-order valence-corrected chi connectivity index (χ1v) is 6.65. The van der Waals surface area contributed by atoms with Gasteiger partial charge in [0.2, 0.25) is 0 Å². The number of aliphatic hydroxyl groups excluding tert-OH is 1. The highest BCUT2D eigenvalue weighted by Crippen LogP contribution is 2.23. The van der Waals surface area contributed by atoms with Gasteiger partial charge in [-0.05, 0) is 30.5 Å². The molecule has 0 spiro atoms. The molecule has 0 bridgehead atoms. The van der Waals surface area contributed by atoms with Crippen LogP contribution in [0.3, 0.4) is 0 Å². The number of benzene rings is 1. The number of aryl methyl sites for hydroxylation is 1. The van der Waals surface area contributed by atoms with Crippen molar-refractivity contribution in [1.29, 1.82) is 0 Å². The molecule has 2 N–H and O–H groups in total. The van der Waals surface area contributed by atoms with E-state index in [1.807, 2.05) is 43.3 Å². The number of nitrogens with one attached hydrogen (secondary N) is 1. The molecule has 1 unspecified atom stereocenters. The van der Waals surface area contributed by atoms with Crippen LogP contribution in [0, 0.1) is 6.92 Å². The Balaban J connectivity index is 2.20. The zero-order valence-electron chi connectivity index (χ0n) is 11.4. The number of nitrogens with zero attached hydrogens (tertiary/aromatic N) is 1. The predicted octanol–water partition coefficient (Wildman–Crippen LogP) is 3.29. The molecule has 0 aliphatic carbocycles. The quantitative estimate of drug-likeness (QED) is 0.862. The molecular weight excluding hydrogens is 236 g/mol. The van der Waals surface area contributed by atoms with Gasteiger partial charge in [-0.3, -0.25) is 0 Å². The lowest BCUT2D eigenvalue weighted by atomic mass is 10.0. The molecule has 3 heteroatoms. The normalized spacial score (nSPS) is 12.2. The van der Waals surface area contributed by atoms with E-state index < -0.39 is 6.10 Å². The smallest absolute Gasteiger partial charge is 0.128 e. The molecule has 19 heavy (non-hydrogen) atoms. The summed E-state index contributed by atoms with van der Waals surface area (Å²) < 4.78 is 0. The molecule has 0 amide bonds. The third-order valence-electron chi connectivity index (χ3n) is 3.07. The second kappa shape index (κ2) is 6.34. The molecule has 1 aromatic heterocycles. The minimum absolute atomic E-state index is 0.618. The molecule has 0 fully saturated rings. The Hall–Kier alpha value is -1.87. The Labute approximate surface area is 114 Å². The minimum atomic E-state index is -0.618. The van der Waals surface area contributed by atoms with Gasteiger partial charge >= 0.3 is 0 Å². The van der Waals surface area contributed by atoms with Crippen LogP contribution >= 0.6 is 0 Å². The molecule has 0 saturated carbocycles. The summed E-state index contributed by atoms with van der Waals surface area (Å²) in [6.45, 7) is 5.04. The van der Waals surface area contributed by atoms with Crippen LogP contribution in [0.25, 0.3) is 0 Å². The molecule has 3 nitrogen and oxygen atoms in total. The average Bonchev–Trinajstić information content (AvgIpc) is 2.46. The number of hydrogen-bond acceptors (Lipinski definition) is 3. The SMILES string of the molecule is CCCNc1ncc(C(O)c2ccccc2)cc1C. The number of pyridine rings is 1. The molecule has 0 aliphatic heterocycles. The summed E-state index contributed by atoms with van der Waals surface area (Å²) >= 11 is 0. The number of anilines is 1. The molecule has 1 heterocycles. The summed E-state index contributed by atoms with van der Waals surface area (Å²) in [7, 11) is 0. The number of rotatable bonds is 5. The van der Waals surface area contributed by atoms with Crippen molar-refractivity contribution in [1.82, 2.24) is 4.98 Å². The van der Waals surface area contributed by atoms with Crippen molar-refractivity contribution in [2.45, 2.75) is 26.4 Å². The molecule has 2 rings (SSSR count). The molecule has 0 aliphatic rings. The van der Waals surface area contributed by atoms with E-state index in [1.54, 1.807) is 6.20 Å². The summed E-state index contributed by atoms with van der Waals surface area (Å²) in [5, 5.41) is 13.6. The van der Waals surface area contributed by atoms with E-state index in [0.717, 1.165) is 35.5 Å². The van der Waals surface area contributed by atoms with E-state index in [0.29, 0.717) is 0 Å². The highest BCUT2D eigenvalue weighted by molar-refractivity contribution is 5.45. The predicted molar refractivity (Wildman–Crippen MR) is 78.3 cm³/mol. The monoisotopic (exact) mass is 256 g/mol. The molecule has 1 aromatic carbocycles. The van der Waals surface area contributed by atoms with Crippen LogP contribution in [-0.2, 0) is 0 Å². The first-order valence-electron chi connectivity index (χ1n) is 6.65. The van der Waals surface area contributed by atoms with E-state index in [2.05, 4.69) is 17.2 Å². The van der Waals surface area contributed by atoms with E-state index in [4.69, 9.17) is 0 Å². The van der Waals surface area contributed by atoms with Crippen LogP contribution in [0.5, 0.6) is 0 Å². The van der Waals surface area contributed by atoms with Gasteiger partial charge in [0.25, 0.3) is 0 Å². The zero-order valence-corrected chi connectivity index (χ0v) is 11.4. The van der Waals surface area contributed by atoms with Gasteiger partial charge in [-0.15, -0.1) is 0 Å². The van der Waals surface area contributed by atoms with Crippen LogP contribution in [0.4, 0.5) is 5.82 Å². The molecule has 0 radical (unpaired) electrons. The highest BCUT2D eigenvalue weighted by Gasteiger charge is 2.11. The van der Waals surface area contributed by atoms with Gasteiger partial charge in [-0.1, -0.05) is 37.3 Å². The summed E-state index contributed by atoms with van der Waals surface area (Å²) in [6, 6.07) is 11.6. The Morgan fingerprint density at radius 3 is 2.58 bits per heavy atom. The standard InChI is InChI=1S/C16H20N2O/c1-3-9-17-16-12(2)10-14(11-18-16)15(19)13-7-5-4-6-8-13/h4-8,10-11,15,19H,3,9H2,1-2H3,(H,17,18).